The number of hydrogen-bond donors (Lipinski definition) is 3. The van der Waals surface area contributed by atoms with Gasteiger partial charge >= 0.3 is 0 Å². The Hall–Kier alpha value is -3.71. The van der Waals surface area contributed by atoms with Crippen LogP contribution in [0, 0.1) is 0 Å². The first-order chi connectivity index (χ1) is 15.0. The summed E-state index contributed by atoms with van der Waals surface area (Å²) in [7, 11) is 0. The number of aryl methyl sites for hydroxylation is 1. The van der Waals surface area contributed by atoms with Crippen molar-refractivity contribution < 1.29 is 14.3 Å². The van der Waals surface area contributed by atoms with Gasteiger partial charge in [-0.2, -0.15) is 0 Å². The van der Waals surface area contributed by atoms with Crippen LogP contribution in [0.1, 0.15) is 22.8 Å². The molecule has 158 valence electrons. The summed E-state index contributed by atoms with van der Waals surface area (Å²) < 4.78 is 5.41. The zero-order valence-electron chi connectivity index (χ0n) is 17.1. The molecule has 0 aliphatic rings. The van der Waals surface area contributed by atoms with Crippen LogP contribution in [0.15, 0.2) is 78.9 Å². The van der Waals surface area contributed by atoms with Crippen LogP contribution < -0.4 is 20.9 Å². The number of benzene rings is 3. The van der Waals surface area contributed by atoms with Gasteiger partial charge in [0, 0.05) is 5.56 Å². The highest BCUT2D eigenvalue weighted by Gasteiger charge is 2.09. The van der Waals surface area contributed by atoms with Crippen LogP contribution in [0.4, 0.5) is 0 Å². The van der Waals surface area contributed by atoms with Crippen LogP contribution >= 0.6 is 12.2 Å². The van der Waals surface area contributed by atoms with Gasteiger partial charge in [-0.05, 0) is 59.6 Å². The molecule has 2 amide bonds. The van der Waals surface area contributed by atoms with Crippen LogP contribution in [0.5, 0.6) is 5.75 Å². The first-order valence-corrected chi connectivity index (χ1v) is 10.2. The third-order valence-corrected chi connectivity index (χ3v) is 4.70. The summed E-state index contributed by atoms with van der Waals surface area (Å²) in [4.78, 5) is 24.2. The monoisotopic (exact) mass is 433 g/mol. The molecule has 6 nitrogen and oxygen atoms in total. The molecule has 0 aromatic heterocycles. The fraction of sp³-hybridized carbons (Fsp3) is 0.125. The fourth-order valence-corrected chi connectivity index (χ4v) is 2.93. The molecule has 0 saturated carbocycles. The molecule has 0 radical (unpaired) electrons. The van der Waals surface area contributed by atoms with Crippen molar-refractivity contribution in [2.45, 2.75) is 13.3 Å². The third kappa shape index (κ3) is 6.65. The Kier molecular flexibility index (Phi) is 7.73. The number of rotatable bonds is 6. The van der Waals surface area contributed by atoms with E-state index in [-0.39, 0.29) is 17.6 Å². The molecule has 0 bridgehead atoms. The molecule has 3 aromatic carbocycles. The Bertz CT molecular complexity index is 1040. The number of thiocarbonyl (C=S) groups is 1. The molecule has 0 spiro atoms. The van der Waals surface area contributed by atoms with Crippen molar-refractivity contribution in [2.24, 2.45) is 0 Å². The van der Waals surface area contributed by atoms with Crippen molar-refractivity contribution >= 4 is 29.1 Å². The lowest BCUT2D eigenvalue weighted by atomic mass is 10.0. The number of hydrogen-bond acceptors (Lipinski definition) is 4. The second kappa shape index (κ2) is 10.9. The Morgan fingerprint density at radius 1 is 0.839 bits per heavy atom. The van der Waals surface area contributed by atoms with Gasteiger partial charge in [0.1, 0.15) is 5.75 Å². The van der Waals surface area contributed by atoms with Crippen LogP contribution in [-0.2, 0) is 11.2 Å². The van der Waals surface area contributed by atoms with Crippen molar-refractivity contribution in [3.05, 3.63) is 90.0 Å². The number of ether oxygens (including phenoxy) is 1. The average molecular weight is 434 g/mol. The number of carbonyl (C=O) groups is 2. The van der Waals surface area contributed by atoms with E-state index in [2.05, 4.69) is 23.1 Å². The van der Waals surface area contributed by atoms with Gasteiger partial charge in [-0.15, -0.1) is 0 Å². The topological polar surface area (TPSA) is 79.5 Å². The number of amides is 2. The van der Waals surface area contributed by atoms with Crippen LogP contribution in [-0.4, -0.2) is 23.5 Å². The van der Waals surface area contributed by atoms with Gasteiger partial charge in [0.15, 0.2) is 11.7 Å². The second-order valence-electron chi connectivity index (χ2n) is 6.69. The largest absolute Gasteiger partial charge is 0.484 e. The number of nitrogens with one attached hydrogen (secondary N) is 3. The molecule has 31 heavy (non-hydrogen) atoms. The summed E-state index contributed by atoms with van der Waals surface area (Å²) in [6, 6.07) is 24.6. The first-order valence-electron chi connectivity index (χ1n) is 9.82. The van der Waals surface area contributed by atoms with E-state index in [1.807, 2.05) is 66.7 Å². The van der Waals surface area contributed by atoms with Crippen LogP contribution in [0.3, 0.4) is 0 Å². The molecule has 0 heterocycles. The maximum absolute atomic E-state index is 12.3. The minimum absolute atomic E-state index is 0.0159. The minimum Gasteiger partial charge on any atom is -0.484 e. The van der Waals surface area contributed by atoms with Gasteiger partial charge in [-0.25, -0.2) is 0 Å². The van der Waals surface area contributed by atoms with Crippen molar-refractivity contribution in [1.82, 2.24) is 16.2 Å². The highest BCUT2D eigenvalue weighted by molar-refractivity contribution is 7.80. The minimum atomic E-state index is -0.427. The van der Waals surface area contributed by atoms with E-state index < -0.39 is 5.91 Å². The molecule has 0 atom stereocenters. The second-order valence-corrected chi connectivity index (χ2v) is 7.09. The summed E-state index contributed by atoms with van der Waals surface area (Å²) in [5.41, 5.74) is 8.61. The predicted octanol–water partition coefficient (Wildman–Crippen LogP) is 3.63. The van der Waals surface area contributed by atoms with Gasteiger partial charge in [0.05, 0.1) is 0 Å². The standard InChI is InChI=1S/C24H23N3O3S/c1-2-17-8-14-21(15-9-17)30-16-22(28)26-27-24(31)25-23(29)20-12-10-19(11-13-20)18-6-4-3-5-7-18/h3-15H,2,16H2,1H3,(H,26,28)(H2,25,27,29,31). The van der Waals surface area contributed by atoms with Gasteiger partial charge in [0.25, 0.3) is 11.8 Å². The Labute approximate surface area is 186 Å². The predicted molar refractivity (Wildman–Crippen MR) is 125 cm³/mol. The van der Waals surface area contributed by atoms with Crippen molar-refractivity contribution in [1.29, 1.82) is 0 Å². The zero-order valence-corrected chi connectivity index (χ0v) is 17.9. The average Bonchev–Trinajstić information content (AvgIpc) is 2.82. The van der Waals surface area contributed by atoms with E-state index in [4.69, 9.17) is 17.0 Å². The molecule has 3 rings (SSSR count). The van der Waals surface area contributed by atoms with Gasteiger partial charge in [0.2, 0.25) is 0 Å². The molecule has 3 aromatic rings. The lowest BCUT2D eigenvalue weighted by Crippen LogP contribution is -2.49. The molecular formula is C24H23N3O3S. The van der Waals surface area contributed by atoms with Gasteiger partial charge < -0.3 is 4.74 Å². The molecule has 3 N–H and O–H groups in total. The van der Waals surface area contributed by atoms with E-state index in [9.17, 15) is 9.59 Å². The molecular weight excluding hydrogens is 410 g/mol. The van der Waals surface area contributed by atoms with Gasteiger partial charge in [-0.3, -0.25) is 25.8 Å². The summed E-state index contributed by atoms with van der Waals surface area (Å²) in [5.74, 6) is -0.204. The maximum Gasteiger partial charge on any atom is 0.276 e. The summed E-state index contributed by atoms with van der Waals surface area (Å²) >= 11 is 5.06. The highest BCUT2D eigenvalue weighted by Crippen LogP contribution is 2.19. The molecule has 0 aliphatic heterocycles. The van der Waals surface area contributed by atoms with Crippen molar-refractivity contribution in [3.8, 4) is 16.9 Å². The Morgan fingerprint density at radius 3 is 2.13 bits per heavy atom. The normalized spacial score (nSPS) is 10.1. The molecule has 7 heteroatoms. The third-order valence-electron chi connectivity index (χ3n) is 4.50. The van der Waals surface area contributed by atoms with E-state index >= 15 is 0 Å². The first kappa shape index (κ1) is 22.0. The Morgan fingerprint density at radius 2 is 1.48 bits per heavy atom. The SMILES string of the molecule is CCc1ccc(OCC(=O)NNC(=S)NC(=O)c2ccc(-c3ccccc3)cc2)cc1. The number of carbonyl (C=O) groups excluding carboxylic acids is 2. The summed E-state index contributed by atoms with van der Waals surface area (Å²) in [6.07, 6.45) is 0.936. The summed E-state index contributed by atoms with van der Waals surface area (Å²) in [5, 5.41) is 2.51. The molecule has 0 unspecified atom stereocenters. The lowest BCUT2D eigenvalue weighted by Gasteiger charge is -2.12. The van der Waals surface area contributed by atoms with Crippen LogP contribution in [0.2, 0.25) is 0 Å². The van der Waals surface area contributed by atoms with Crippen molar-refractivity contribution in [3.63, 3.8) is 0 Å². The number of hydrazine groups is 1. The highest BCUT2D eigenvalue weighted by atomic mass is 32.1. The van der Waals surface area contributed by atoms with Crippen LogP contribution in [0.25, 0.3) is 11.1 Å². The maximum atomic E-state index is 12.3. The smallest absolute Gasteiger partial charge is 0.276 e. The van der Waals surface area contributed by atoms with Crippen molar-refractivity contribution in [2.75, 3.05) is 6.61 Å². The molecule has 0 aliphatic carbocycles. The van der Waals surface area contributed by atoms with Gasteiger partial charge in [-0.1, -0.05) is 61.5 Å². The lowest BCUT2D eigenvalue weighted by molar-refractivity contribution is -0.123. The summed E-state index contributed by atoms with van der Waals surface area (Å²) in [6.45, 7) is 1.88. The zero-order chi connectivity index (χ0) is 22.1. The quantitative estimate of drug-likeness (QED) is 0.409. The van der Waals surface area contributed by atoms with E-state index in [1.54, 1.807) is 12.1 Å². The molecule has 0 saturated heterocycles. The van der Waals surface area contributed by atoms with E-state index in [0.29, 0.717) is 11.3 Å². The van der Waals surface area contributed by atoms with E-state index in [1.165, 1.54) is 5.56 Å². The fourth-order valence-electron chi connectivity index (χ4n) is 2.78. The van der Waals surface area contributed by atoms with E-state index in [0.717, 1.165) is 17.5 Å². The Balaban J connectivity index is 1.42. The molecule has 0 fully saturated rings.